The number of hydrogen-bond acceptors (Lipinski definition) is 4. The summed E-state index contributed by atoms with van der Waals surface area (Å²) in [5.74, 6) is -0.211. The van der Waals surface area contributed by atoms with Crippen molar-refractivity contribution in [2.45, 2.75) is 20.4 Å². The van der Waals surface area contributed by atoms with E-state index in [9.17, 15) is 14.9 Å². The minimum Gasteiger partial charge on any atom is -0.307 e. The molecule has 1 amide bonds. The topological polar surface area (TPSA) is 81.3 Å². The molecule has 7 heteroatoms. The maximum Gasteiger partial charge on any atom is 0.312 e. The molecule has 7 nitrogen and oxygen atoms in total. The van der Waals surface area contributed by atoms with Crippen LogP contribution in [-0.4, -0.2) is 27.2 Å². The molecule has 0 atom stereocenters. The molecule has 0 spiro atoms. The second kappa shape index (κ2) is 6.87. The van der Waals surface area contributed by atoms with Crippen molar-refractivity contribution in [3.8, 4) is 0 Å². The predicted octanol–water partition coefficient (Wildman–Crippen LogP) is 2.63. The van der Waals surface area contributed by atoms with Gasteiger partial charge < -0.3 is 4.90 Å². The molecule has 0 aliphatic heterocycles. The zero-order valence-electron chi connectivity index (χ0n) is 13.1. The lowest BCUT2D eigenvalue weighted by atomic mass is 10.2. The summed E-state index contributed by atoms with van der Waals surface area (Å²) in [4.78, 5) is 24.7. The van der Waals surface area contributed by atoms with Crippen LogP contribution in [0.15, 0.2) is 43.0 Å². The van der Waals surface area contributed by atoms with E-state index < -0.39 is 4.92 Å². The van der Waals surface area contributed by atoms with Crippen molar-refractivity contribution < 1.29 is 9.72 Å². The van der Waals surface area contributed by atoms with Crippen molar-refractivity contribution in [2.24, 2.45) is 0 Å². The Bertz CT molecular complexity index is 737. The highest BCUT2D eigenvalue weighted by molar-refractivity contribution is 5.93. The molecule has 2 aromatic rings. The Labute approximate surface area is 134 Å². The zero-order valence-corrected chi connectivity index (χ0v) is 13.1. The molecule has 0 fully saturated rings. The van der Waals surface area contributed by atoms with Crippen molar-refractivity contribution in [2.75, 3.05) is 11.4 Å². The molecule has 0 aliphatic rings. The fourth-order valence-corrected chi connectivity index (χ4v) is 2.41. The molecule has 0 aliphatic carbocycles. The van der Waals surface area contributed by atoms with E-state index >= 15 is 0 Å². The number of hydrogen-bond donors (Lipinski definition) is 0. The van der Waals surface area contributed by atoms with E-state index in [0.29, 0.717) is 17.9 Å². The van der Waals surface area contributed by atoms with E-state index in [2.05, 4.69) is 11.7 Å². The van der Waals surface area contributed by atoms with E-state index in [1.54, 1.807) is 24.8 Å². The number of para-hydroxylation sites is 1. The summed E-state index contributed by atoms with van der Waals surface area (Å²) in [6.45, 7) is 7.10. The third-order valence-corrected chi connectivity index (χ3v) is 3.49. The molecule has 2 rings (SSSR count). The normalized spacial score (nSPS) is 10.3. The van der Waals surface area contributed by atoms with Crippen molar-refractivity contribution in [3.63, 3.8) is 0 Å². The van der Waals surface area contributed by atoms with Gasteiger partial charge in [-0.1, -0.05) is 24.3 Å². The predicted molar refractivity (Wildman–Crippen MR) is 87.3 cm³/mol. The van der Waals surface area contributed by atoms with Gasteiger partial charge in [0.25, 0.3) is 0 Å². The average Bonchev–Trinajstić information content (AvgIpc) is 2.79. The maximum atomic E-state index is 12.6. The van der Waals surface area contributed by atoms with E-state index in [-0.39, 0.29) is 18.1 Å². The molecule has 0 saturated carbocycles. The number of anilines is 1. The molecule has 1 heterocycles. The monoisotopic (exact) mass is 314 g/mol. The lowest BCUT2D eigenvalue weighted by Gasteiger charge is -2.21. The molecule has 1 aromatic heterocycles. The lowest BCUT2D eigenvalue weighted by Crippen LogP contribution is -2.34. The van der Waals surface area contributed by atoms with Crippen LogP contribution < -0.4 is 4.90 Å². The highest BCUT2D eigenvalue weighted by Crippen LogP contribution is 2.22. The zero-order chi connectivity index (χ0) is 17.0. The number of benzene rings is 1. The van der Waals surface area contributed by atoms with Crippen molar-refractivity contribution in [3.05, 3.63) is 64.5 Å². The molecule has 0 radical (unpaired) electrons. The van der Waals surface area contributed by atoms with Crippen LogP contribution in [0.25, 0.3) is 0 Å². The number of rotatable bonds is 6. The van der Waals surface area contributed by atoms with E-state index in [1.807, 2.05) is 30.3 Å². The standard InChI is InChI=1S/C16H18N4O3/c1-4-10-18(14-8-6-5-7-9-14)15(21)11-19-13(3)16(20(22)23)12(2)17-19/h4-9H,1,10-11H2,2-3H3. The molecule has 1 aromatic carbocycles. The van der Waals surface area contributed by atoms with Gasteiger partial charge in [0.05, 0.1) is 4.92 Å². The second-order valence-corrected chi connectivity index (χ2v) is 5.06. The number of nitro groups is 1. The first-order chi connectivity index (χ1) is 11.0. The Kier molecular flexibility index (Phi) is 4.90. The Morgan fingerprint density at radius 1 is 1.39 bits per heavy atom. The minimum atomic E-state index is -0.475. The summed E-state index contributed by atoms with van der Waals surface area (Å²) in [5.41, 5.74) is 1.36. The third-order valence-electron chi connectivity index (χ3n) is 3.49. The van der Waals surface area contributed by atoms with Crippen molar-refractivity contribution in [1.29, 1.82) is 0 Å². The molecule has 0 unspecified atom stereocenters. The fraction of sp³-hybridized carbons (Fsp3) is 0.250. The van der Waals surface area contributed by atoms with Gasteiger partial charge >= 0.3 is 5.69 Å². The van der Waals surface area contributed by atoms with Gasteiger partial charge in [-0.3, -0.25) is 19.6 Å². The first-order valence-electron chi connectivity index (χ1n) is 7.10. The first kappa shape index (κ1) is 16.4. The summed E-state index contributed by atoms with van der Waals surface area (Å²) in [7, 11) is 0. The highest BCUT2D eigenvalue weighted by Gasteiger charge is 2.24. The third kappa shape index (κ3) is 3.45. The van der Waals surface area contributed by atoms with Crippen molar-refractivity contribution in [1.82, 2.24) is 9.78 Å². The first-order valence-corrected chi connectivity index (χ1v) is 7.10. The smallest absolute Gasteiger partial charge is 0.307 e. The highest BCUT2D eigenvalue weighted by atomic mass is 16.6. The van der Waals surface area contributed by atoms with Crippen LogP contribution in [0.2, 0.25) is 0 Å². The van der Waals surface area contributed by atoms with E-state index in [1.165, 1.54) is 4.68 Å². The Morgan fingerprint density at radius 2 is 2.04 bits per heavy atom. The average molecular weight is 314 g/mol. The molecule has 23 heavy (non-hydrogen) atoms. The van der Waals surface area contributed by atoms with Crippen LogP contribution in [-0.2, 0) is 11.3 Å². The number of nitrogens with zero attached hydrogens (tertiary/aromatic N) is 4. The largest absolute Gasteiger partial charge is 0.312 e. The van der Waals surface area contributed by atoms with Crippen LogP contribution in [0, 0.1) is 24.0 Å². The molecule has 0 N–H and O–H groups in total. The number of aryl methyl sites for hydroxylation is 1. The van der Waals surface area contributed by atoms with Gasteiger partial charge in [0, 0.05) is 12.2 Å². The summed E-state index contributed by atoms with van der Waals surface area (Å²) >= 11 is 0. The number of carbonyl (C=O) groups excluding carboxylic acids is 1. The van der Waals surface area contributed by atoms with Crippen LogP contribution in [0.1, 0.15) is 11.4 Å². The SMILES string of the molecule is C=CCN(C(=O)Cn1nc(C)c([N+](=O)[O-])c1C)c1ccccc1. The van der Waals surface area contributed by atoms with Gasteiger partial charge in [-0.05, 0) is 26.0 Å². The second-order valence-electron chi connectivity index (χ2n) is 5.06. The fourth-order valence-electron chi connectivity index (χ4n) is 2.41. The Balaban J connectivity index is 2.28. The van der Waals surface area contributed by atoms with Gasteiger partial charge in [-0.25, -0.2) is 0 Å². The summed E-state index contributed by atoms with van der Waals surface area (Å²) in [6, 6.07) is 9.19. The number of amides is 1. The number of carbonyl (C=O) groups is 1. The lowest BCUT2D eigenvalue weighted by molar-refractivity contribution is -0.386. The van der Waals surface area contributed by atoms with Gasteiger partial charge in [0.2, 0.25) is 5.91 Å². The maximum absolute atomic E-state index is 12.6. The van der Waals surface area contributed by atoms with E-state index in [0.717, 1.165) is 5.69 Å². The molecule has 0 bridgehead atoms. The van der Waals surface area contributed by atoms with Gasteiger partial charge in [0.1, 0.15) is 17.9 Å². The van der Waals surface area contributed by atoms with Gasteiger partial charge in [-0.15, -0.1) is 6.58 Å². The minimum absolute atomic E-state index is 0.0484. The van der Waals surface area contributed by atoms with E-state index in [4.69, 9.17) is 0 Å². The van der Waals surface area contributed by atoms with Crippen LogP contribution in [0.3, 0.4) is 0 Å². The molecule has 120 valence electrons. The van der Waals surface area contributed by atoms with Crippen LogP contribution >= 0.6 is 0 Å². The summed E-state index contributed by atoms with van der Waals surface area (Å²) in [6.07, 6.45) is 1.63. The quantitative estimate of drug-likeness (QED) is 0.466. The Hall–Kier alpha value is -2.96. The molecule has 0 saturated heterocycles. The summed E-state index contributed by atoms with van der Waals surface area (Å²) in [5, 5.41) is 15.2. The van der Waals surface area contributed by atoms with Crippen LogP contribution in [0.5, 0.6) is 0 Å². The van der Waals surface area contributed by atoms with Crippen molar-refractivity contribution >= 4 is 17.3 Å². The van der Waals surface area contributed by atoms with Crippen LogP contribution in [0.4, 0.5) is 11.4 Å². The number of aromatic nitrogens is 2. The Morgan fingerprint density at radius 3 is 2.57 bits per heavy atom. The molecular formula is C16H18N4O3. The van der Waals surface area contributed by atoms with Gasteiger partial charge in [-0.2, -0.15) is 5.10 Å². The van der Waals surface area contributed by atoms with Gasteiger partial charge in [0.15, 0.2) is 0 Å². The summed E-state index contributed by atoms with van der Waals surface area (Å²) < 4.78 is 1.37. The molecular weight excluding hydrogens is 296 g/mol.